The van der Waals surface area contributed by atoms with Gasteiger partial charge < -0.3 is 23.6 Å². The van der Waals surface area contributed by atoms with Crippen molar-refractivity contribution in [3.05, 3.63) is 113 Å². The smallest absolute Gasteiger partial charge is 0.465 e. The fraction of sp³-hybridized carbons (Fsp3) is 0.0312. The molecule has 0 saturated carbocycles. The van der Waals surface area contributed by atoms with Crippen LogP contribution in [0, 0.1) is 0 Å². The molecule has 7 aromatic rings. The Morgan fingerprint density at radius 2 is 1.27 bits per heavy atom. The van der Waals surface area contributed by atoms with Gasteiger partial charge in [-0.25, -0.2) is 4.79 Å². The lowest BCUT2D eigenvalue weighted by molar-refractivity contribution is 0.0601. The third-order valence-corrected chi connectivity index (χ3v) is 7.29. The van der Waals surface area contributed by atoms with Crippen LogP contribution < -0.4 is 5.46 Å². The van der Waals surface area contributed by atoms with E-state index in [-0.39, 0.29) is 5.97 Å². The number of fused-ring (bicyclic) bond motifs is 6. The Kier molecular flexibility index (Phi) is 6.90. The average molecular weight is 593 g/mol. The minimum Gasteiger partial charge on any atom is -0.465 e. The Morgan fingerprint density at radius 3 is 1.93 bits per heavy atom. The van der Waals surface area contributed by atoms with Gasteiger partial charge in [-0.1, -0.05) is 94.8 Å². The lowest BCUT2D eigenvalue weighted by atomic mass is 9.79. The molecule has 6 nitrogen and oxygen atoms in total. The Bertz CT molecular complexity index is 2020. The number of furan rings is 2. The first-order chi connectivity index (χ1) is 19.5. The third kappa shape index (κ3) is 4.56. The zero-order chi connectivity index (χ0) is 27.8. The molecule has 0 aliphatic heterocycles. The fourth-order valence-corrected chi connectivity index (χ4v) is 5.32. The molecule has 0 aliphatic carbocycles. The molecule has 0 spiro atoms. The molecule has 0 aliphatic rings. The highest BCUT2D eigenvalue weighted by Crippen LogP contribution is 2.37. The molecule has 0 fully saturated rings. The van der Waals surface area contributed by atoms with Crippen LogP contribution >= 0.6 is 15.9 Å². The molecule has 0 atom stereocenters. The van der Waals surface area contributed by atoms with Crippen molar-refractivity contribution in [2.24, 2.45) is 0 Å². The van der Waals surface area contributed by atoms with Crippen LogP contribution in [0.5, 0.6) is 0 Å². The number of methoxy groups -OCH3 is 1. The predicted molar refractivity (Wildman–Crippen MR) is 162 cm³/mol. The molecule has 0 bridgehead atoms. The normalized spacial score (nSPS) is 11.1. The van der Waals surface area contributed by atoms with E-state index in [4.69, 9.17) is 13.6 Å². The second-order valence-electron chi connectivity index (χ2n) is 9.16. The molecule has 2 N–H and O–H groups in total. The number of carbonyl (C=O) groups is 1. The number of hydrogen-bond donors (Lipinski definition) is 2. The van der Waals surface area contributed by atoms with E-state index in [2.05, 4.69) is 15.9 Å². The van der Waals surface area contributed by atoms with E-state index < -0.39 is 7.12 Å². The zero-order valence-corrected chi connectivity index (χ0v) is 22.9. The van der Waals surface area contributed by atoms with Gasteiger partial charge >= 0.3 is 13.1 Å². The summed E-state index contributed by atoms with van der Waals surface area (Å²) in [6, 6.07) is 32.4. The summed E-state index contributed by atoms with van der Waals surface area (Å²) in [6.45, 7) is 0. The Balaban J connectivity index is 0.000000157. The summed E-state index contributed by atoms with van der Waals surface area (Å²) in [7, 11) is -0.126. The molecule has 2 aromatic heterocycles. The number of ether oxygens (including phenoxy) is 1. The van der Waals surface area contributed by atoms with Crippen LogP contribution in [0.15, 0.2) is 116 Å². The van der Waals surface area contributed by atoms with Gasteiger partial charge in [0.1, 0.15) is 22.3 Å². The highest BCUT2D eigenvalue weighted by molar-refractivity contribution is 9.10. The van der Waals surface area contributed by atoms with E-state index in [9.17, 15) is 14.8 Å². The van der Waals surface area contributed by atoms with E-state index in [1.165, 1.54) is 7.11 Å². The van der Waals surface area contributed by atoms with Crippen LogP contribution in [-0.4, -0.2) is 30.2 Å². The molecule has 5 aromatic carbocycles. The number of para-hydroxylation sites is 4. The quantitative estimate of drug-likeness (QED) is 0.168. The summed E-state index contributed by atoms with van der Waals surface area (Å²) in [4.78, 5) is 12.2. The molecule has 0 radical (unpaired) electrons. The van der Waals surface area contributed by atoms with E-state index >= 15 is 0 Å². The number of rotatable bonds is 3. The second kappa shape index (κ2) is 10.7. The summed E-state index contributed by atoms with van der Waals surface area (Å²) in [5.74, 6) is -0.376. The van der Waals surface area contributed by atoms with Crippen LogP contribution in [0.1, 0.15) is 10.4 Å². The van der Waals surface area contributed by atoms with Crippen molar-refractivity contribution in [3.63, 3.8) is 0 Å². The predicted octanol–water partition coefficient (Wildman–Crippen LogP) is 7.07. The molecule has 2 heterocycles. The number of benzene rings is 5. The summed E-state index contributed by atoms with van der Waals surface area (Å²) in [5.41, 5.74) is 5.45. The molecule has 7 rings (SSSR count). The molecule has 0 saturated heterocycles. The number of carbonyl (C=O) groups excluding carboxylic acids is 1. The lowest BCUT2D eigenvalue weighted by Gasteiger charge is -2.09. The van der Waals surface area contributed by atoms with E-state index in [0.717, 1.165) is 53.9 Å². The van der Waals surface area contributed by atoms with Gasteiger partial charge in [-0.05, 0) is 29.8 Å². The summed E-state index contributed by atoms with van der Waals surface area (Å²) in [5, 5.41) is 22.5. The van der Waals surface area contributed by atoms with Gasteiger partial charge in [0.05, 0.1) is 12.7 Å². The molecule has 0 unspecified atom stereocenters. The highest BCUT2D eigenvalue weighted by Gasteiger charge is 2.19. The van der Waals surface area contributed by atoms with Crippen molar-refractivity contribution in [3.8, 4) is 11.1 Å². The summed E-state index contributed by atoms with van der Waals surface area (Å²) < 4.78 is 17.5. The molecule has 8 heteroatoms. The zero-order valence-electron chi connectivity index (χ0n) is 21.3. The highest BCUT2D eigenvalue weighted by atomic mass is 79.9. The maximum atomic E-state index is 12.2. The molecular formula is C32H22BBrO6. The first-order valence-corrected chi connectivity index (χ1v) is 13.3. The molecule has 0 amide bonds. The van der Waals surface area contributed by atoms with Gasteiger partial charge in [0.2, 0.25) is 0 Å². The van der Waals surface area contributed by atoms with Gasteiger partial charge in [0.15, 0.2) is 0 Å². The lowest BCUT2D eigenvalue weighted by Crippen LogP contribution is -2.29. The monoisotopic (exact) mass is 592 g/mol. The van der Waals surface area contributed by atoms with Crippen LogP contribution in [-0.2, 0) is 4.74 Å². The maximum absolute atomic E-state index is 12.2. The van der Waals surface area contributed by atoms with Crippen molar-refractivity contribution in [1.29, 1.82) is 0 Å². The van der Waals surface area contributed by atoms with Crippen LogP contribution in [0.4, 0.5) is 0 Å². The van der Waals surface area contributed by atoms with Crippen molar-refractivity contribution >= 4 is 78.4 Å². The molecular weight excluding hydrogens is 571 g/mol. The summed E-state index contributed by atoms with van der Waals surface area (Å²) in [6.07, 6.45) is 0. The minimum atomic E-state index is -1.51. The second-order valence-corrected chi connectivity index (χ2v) is 10.1. The van der Waals surface area contributed by atoms with E-state index in [1.807, 2.05) is 84.9 Å². The van der Waals surface area contributed by atoms with Crippen molar-refractivity contribution in [2.75, 3.05) is 7.11 Å². The average Bonchev–Trinajstić information content (AvgIpc) is 3.55. The molecule has 196 valence electrons. The van der Waals surface area contributed by atoms with Crippen LogP contribution in [0.2, 0.25) is 0 Å². The first kappa shape index (κ1) is 25.9. The van der Waals surface area contributed by atoms with Gasteiger partial charge in [0, 0.05) is 37.0 Å². The van der Waals surface area contributed by atoms with Gasteiger partial charge in [-0.15, -0.1) is 0 Å². The number of esters is 1. The van der Waals surface area contributed by atoms with Gasteiger partial charge in [-0.3, -0.25) is 0 Å². The summed E-state index contributed by atoms with van der Waals surface area (Å²) >= 11 is 3.41. The first-order valence-electron chi connectivity index (χ1n) is 12.5. The van der Waals surface area contributed by atoms with Crippen LogP contribution in [0.25, 0.3) is 55.0 Å². The third-order valence-electron chi connectivity index (χ3n) is 6.79. The minimum absolute atomic E-state index is 0.376. The Hall–Kier alpha value is -4.37. The maximum Gasteiger partial charge on any atom is 0.492 e. The fourth-order valence-electron chi connectivity index (χ4n) is 4.96. The van der Waals surface area contributed by atoms with E-state index in [0.29, 0.717) is 16.6 Å². The van der Waals surface area contributed by atoms with Crippen molar-refractivity contribution in [1.82, 2.24) is 0 Å². The Morgan fingerprint density at radius 1 is 0.700 bits per heavy atom. The van der Waals surface area contributed by atoms with Crippen molar-refractivity contribution < 1.29 is 28.4 Å². The van der Waals surface area contributed by atoms with Gasteiger partial charge in [0.25, 0.3) is 0 Å². The Labute approximate surface area is 237 Å². The molecule has 40 heavy (non-hydrogen) atoms. The van der Waals surface area contributed by atoms with Crippen molar-refractivity contribution in [2.45, 2.75) is 0 Å². The van der Waals surface area contributed by atoms with Crippen LogP contribution in [0.3, 0.4) is 0 Å². The van der Waals surface area contributed by atoms with E-state index in [1.54, 1.807) is 18.2 Å². The number of hydrogen-bond acceptors (Lipinski definition) is 6. The standard InChI is InChI=1S/C20H13BrO3.C12H9BO3/c1-23-20(22)17-11-12(21)9-10-13(17)15-6-4-7-16-14-5-2-3-8-18(14)24-19(15)16;14-13(15)10-6-3-5-9-8-4-1-2-7-11(8)16-12(9)10/h2-11H,1H3;1-7,14-15H. The number of halogens is 1. The largest absolute Gasteiger partial charge is 0.492 e. The topological polar surface area (TPSA) is 93.0 Å². The van der Waals surface area contributed by atoms with Gasteiger partial charge in [-0.2, -0.15) is 0 Å². The SMILES string of the molecule is COC(=O)c1cc(Br)ccc1-c1cccc2c1oc1ccccc12.OB(O)c1cccc2c1oc1ccccc12.